The lowest BCUT2D eigenvalue weighted by Crippen LogP contribution is -2.10. The van der Waals surface area contributed by atoms with Crippen molar-refractivity contribution in [1.82, 2.24) is 0 Å². The normalized spacial score (nSPS) is 9.94. The summed E-state index contributed by atoms with van der Waals surface area (Å²) >= 11 is 0. The van der Waals surface area contributed by atoms with Gasteiger partial charge in [0.1, 0.15) is 17.3 Å². The Bertz CT molecular complexity index is 532. The minimum absolute atomic E-state index is 0.0624. The molecule has 0 aromatic heterocycles. The molecule has 0 aliphatic rings. The van der Waals surface area contributed by atoms with Crippen molar-refractivity contribution in [2.75, 3.05) is 0 Å². The second-order valence-electron chi connectivity index (χ2n) is 3.81. The number of rotatable bonds is 3. The van der Waals surface area contributed by atoms with E-state index in [1.54, 1.807) is 12.1 Å². The van der Waals surface area contributed by atoms with Gasteiger partial charge >= 0.3 is 0 Å². The SMILES string of the molecule is Cc1ccccc1Oc1ccc(C(=N)N)cc1. The summed E-state index contributed by atoms with van der Waals surface area (Å²) in [4.78, 5) is 0. The Labute approximate surface area is 100 Å². The third kappa shape index (κ3) is 2.64. The molecule has 0 aliphatic carbocycles. The molecule has 17 heavy (non-hydrogen) atoms. The van der Waals surface area contributed by atoms with Crippen molar-refractivity contribution in [3.63, 3.8) is 0 Å². The number of hydrogen-bond acceptors (Lipinski definition) is 2. The average molecular weight is 226 g/mol. The van der Waals surface area contributed by atoms with Gasteiger partial charge in [-0.3, -0.25) is 5.41 Å². The summed E-state index contributed by atoms with van der Waals surface area (Å²) < 4.78 is 5.73. The van der Waals surface area contributed by atoms with Crippen molar-refractivity contribution >= 4 is 5.84 Å². The van der Waals surface area contributed by atoms with Crippen LogP contribution < -0.4 is 10.5 Å². The molecule has 0 saturated heterocycles. The minimum atomic E-state index is 0.0624. The van der Waals surface area contributed by atoms with Crippen molar-refractivity contribution in [3.05, 3.63) is 59.7 Å². The number of aryl methyl sites for hydroxylation is 1. The number of nitrogen functional groups attached to an aromatic ring is 1. The Morgan fingerprint density at radius 2 is 1.71 bits per heavy atom. The maximum atomic E-state index is 7.30. The van der Waals surface area contributed by atoms with Crippen LogP contribution >= 0.6 is 0 Å². The smallest absolute Gasteiger partial charge is 0.130 e. The molecule has 0 spiro atoms. The molecular formula is C14H14N2O. The second kappa shape index (κ2) is 4.70. The molecule has 0 radical (unpaired) electrons. The van der Waals surface area contributed by atoms with E-state index in [1.165, 1.54) is 0 Å². The van der Waals surface area contributed by atoms with E-state index in [-0.39, 0.29) is 5.84 Å². The Morgan fingerprint density at radius 1 is 1.06 bits per heavy atom. The summed E-state index contributed by atoms with van der Waals surface area (Å²) in [5.41, 5.74) is 7.17. The molecule has 3 N–H and O–H groups in total. The molecule has 3 heteroatoms. The third-order valence-electron chi connectivity index (χ3n) is 2.49. The standard InChI is InChI=1S/C14H14N2O/c1-10-4-2-3-5-13(10)17-12-8-6-11(7-9-12)14(15)16/h2-9H,1H3,(H3,15,16). The van der Waals surface area contributed by atoms with Crippen LogP contribution in [0.4, 0.5) is 0 Å². The summed E-state index contributed by atoms with van der Waals surface area (Å²) in [7, 11) is 0. The van der Waals surface area contributed by atoms with Crippen LogP contribution in [0.3, 0.4) is 0 Å². The molecule has 0 amide bonds. The topological polar surface area (TPSA) is 59.1 Å². The number of nitrogens with one attached hydrogen (secondary N) is 1. The summed E-state index contributed by atoms with van der Waals surface area (Å²) in [5.74, 6) is 1.64. The first-order valence-corrected chi connectivity index (χ1v) is 5.35. The highest BCUT2D eigenvalue weighted by molar-refractivity contribution is 5.94. The van der Waals surface area contributed by atoms with E-state index in [4.69, 9.17) is 15.9 Å². The summed E-state index contributed by atoms with van der Waals surface area (Å²) in [6.45, 7) is 2.00. The highest BCUT2D eigenvalue weighted by Crippen LogP contribution is 2.24. The predicted molar refractivity (Wildman–Crippen MR) is 68.7 cm³/mol. The first kappa shape index (κ1) is 11.2. The van der Waals surface area contributed by atoms with Gasteiger partial charge in [0.2, 0.25) is 0 Å². The van der Waals surface area contributed by atoms with Gasteiger partial charge in [0.25, 0.3) is 0 Å². The van der Waals surface area contributed by atoms with Crippen LogP contribution in [0.25, 0.3) is 0 Å². The molecule has 0 bridgehead atoms. The van der Waals surface area contributed by atoms with E-state index in [1.807, 2.05) is 43.3 Å². The van der Waals surface area contributed by atoms with Crippen LogP contribution in [0.1, 0.15) is 11.1 Å². The van der Waals surface area contributed by atoms with E-state index < -0.39 is 0 Å². The average Bonchev–Trinajstić information content (AvgIpc) is 2.33. The molecule has 2 aromatic carbocycles. The van der Waals surface area contributed by atoms with Gasteiger partial charge in [-0.2, -0.15) is 0 Å². The van der Waals surface area contributed by atoms with Gasteiger partial charge in [-0.15, -0.1) is 0 Å². The van der Waals surface area contributed by atoms with Gasteiger partial charge in [-0.05, 0) is 42.8 Å². The Morgan fingerprint density at radius 3 is 2.29 bits per heavy atom. The quantitative estimate of drug-likeness (QED) is 0.624. The zero-order chi connectivity index (χ0) is 12.3. The van der Waals surface area contributed by atoms with Gasteiger partial charge in [-0.25, -0.2) is 0 Å². The highest BCUT2D eigenvalue weighted by Gasteiger charge is 2.01. The van der Waals surface area contributed by atoms with Crippen LogP contribution in [0.5, 0.6) is 11.5 Å². The van der Waals surface area contributed by atoms with Crippen molar-refractivity contribution in [2.24, 2.45) is 5.73 Å². The van der Waals surface area contributed by atoms with E-state index >= 15 is 0 Å². The molecule has 0 aliphatic heterocycles. The number of para-hydroxylation sites is 1. The summed E-state index contributed by atoms with van der Waals surface area (Å²) in [6.07, 6.45) is 0. The van der Waals surface area contributed by atoms with Gasteiger partial charge in [0.15, 0.2) is 0 Å². The lowest BCUT2D eigenvalue weighted by molar-refractivity contribution is 0.479. The minimum Gasteiger partial charge on any atom is -0.457 e. The maximum absolute atomic E-state index is 7.30. The Hall–Kier alpha value is -2.29. The van der Waals surface area contributed by atoms with Crippen molar-refractivity contribution in [2.45, 2.75) is 6.92 Å². The monoisotopic (exact) mass is 226 g/mol. The largest absolute Gasteiger partial charge is 0.457 e. The van der Waals surface area contributed by atoms with Crippen LogP contribution in [0, 0.1) is 12.3 Å². The fraction of sp³-hybridized carbons (Fsp3) is 0.0714. The lowest BCUT2D eigenvalue weighted by atomic mass is 10.2. The van der Waals surface area contributed by atoms with Gasteiger partial charge in [-0.1, -0.05) is 18.2 Å². The number of benzene rings is 2. The van der Waals surface area contributed by atoms with Gasteiger partial charge in [0, 0.05) is 5.56 Å². The first-order valence-electron chi connectivity index (χ1n) is 5.35. The molecule has 0 heterocycles. The van der Waals surface area contributed by atoms with Gasteiger partial charge < -0.3 is 10.5 Å². The number of nitrogens with two attached hydrogens (primary N) is 1. The first-order chi connectivity index (χ1) is 8.16. The summed E-state index contributed by atoms with van der Waals surface area (Å²) in [5, 5.41) is 7.30. The van der Waals surface area contributed by atoms with Crippen LogP contribution in [0.15, 0.2) is 48.5 Å². The van der Waals surface area contributed by atoms with Crippen molar-refractivity contribution in [1.29, 1.82) is 5.41 Å². The lowest BCUT2D eigenvalue weighted by Gasteiger charge is -2.08. The fourth-order valence-electron chi connectivity index (χ4n) is 1.50. The second-order valence-corrected chi connectivity index (χ2v) is 3.81. The Balaban J connectivity index is 2.20. The molecule has 3 nitrogen and oxygen atoms in total. The molecule has 0 unspecified atom stereocenters. The van der Waals surface area contributed by atoms with E-state index in [0.29, 0.717) is 5.56 Å². The Kier molecular flexibility index (Phi) is 3.10. The van der Waals surface area contributed by atoms with E-state index in [9.17, 15) is 0 Å². The maximum Gasteiger partial charge on any atom is 0.130 e. The zero-order valence-corrected chi connectivity index (χ0v) is 9.60. The van der Waals surface area contributed by atoms with Crippen molar-refractivity contribution < 1.29 is 4.74 Å². The van der Waals surface area contributed by atoms with Crippen molar-refractivity contribution in [3.8, 4) is 11.5 Å². The predicted octanol–water partition coefficient (Wildman–Crippen LogP) is 3.07. The molecule has 2 aromatic rings. The molecule has 0 atom stereocenters. The van der Waals surface area contributed by atoms with Crippen LogP contribution in [-0.4, -0.2) is 5.84 Å². The molecule has 86 valence electrons. The van der Waals surface area contributed by atoms with Crippen LogP contribution in [-0.2, 0) is 0 Å². The number of ether oxygens (including phenoxy) is 1. The van der Waals surface area contributed by atoms with Crippen LogP contribution in [0.2, 0.25) is 0 Å². The highest BCUT2D eigenvalue weighted by atomic mass is 16.5. The van der Waals surface area contributed by atoms with Gasteiger partial charge in [0.05, 0.1) is 0 Å². The zero-order valence-electron chi connectivity index (χ0n) is 9.60. The number of amidine groups is 1. The number of hydrogen-bond donors (Lipinski definition) is 2. The molecular weight excluding hydrogens is 212 g/mol. The fourth-order valence-corrected chi connectivity index (χ4v) is 1.50. The van der Waals surface area contributed by atoms with E-state index in [0.717, 1.165) is 17.1 Å². The summed E-state index contributed by atoms with van der Waals surface area (Å²) in [6, 6.07) is 15.0. The third-order valence-corrected chi connectivity index (χ3v) is 2.49. The van der Waals surface area contributed by atoms with E-state index in [2.05, 4.69) is 0 Å². The molecule has 0 saturated carbocycles. The molecule has 2 rings (SSSR count). The molecule has 0 fully saturated rings.